The number of benzene rings is 1. The van der Waals surface area contributed by atoms with Crippen molar-refractivity contribution in [3.8, 4) is 0 Å². The Bertz CT molecular complexity index is 651. The standard InChI is InChI=1S/C20H30N2O/c1-5-8-15-22-18-12-10-9-11-17(18)16(4)19(22)20(23)21(13-6-2)14-7-3/h9-12H,5-8,13-15H2,1-4H3. The lowest BCUT2D eigenvalue weighted by atomic mass is 10.1. The molecule has 0 saturated carbocycles. The summed E-state index contributed by atoms with van der Waals surface area (Å²) in [5.41, 5.74) is 3.20. The Hall–Kier alpha value is -1.77. The summed E-state index contributed by atoms with van der Waals surface area (Å²) >= 11 is 0. The molecule has 0 bridgehead atoms. The maximum atomic E-state index is 13.2. The minimum absolute atomic E-state index is 0.193. The molecule has 126 valence electrons. The van der Waals surface area contributed by atoms with Gasteiger partial charge in [0.15, 0.2) is 0 Å². The quantitative estimate of drug-likeness (QED) is 0.672. The van der Waals surface area contributed by atoms with Crippen LogP contribution in [-0.2, 0) is 6.54 Å². The molecule has 1 aromatic heterocycles. The number of carbonyl (C=O) groups is 1. The van der Waals surface area contributed by atoms with Gasteiger partial charge in [-0.3, -0.25) is 4.79 Å². The minimum Gasteiger partial charge on any atom is -0.337 e. The fraction of sp³-hybridized carbons (Fsp3) is 0.550. The second-order valence-corrected chi connectivity index (χ2v) is 6.29. The van der Waals surface area contributed by atoms with Crippen molar-refractivity contribution in [3.05, 3.63) is 35.5 Å². The highest BCUT2D eigenvalue weighted by Gasteiger charge is 2.23. The zero-order valence-corrected chi connectivity index (χ0v) is 15.1. The maximum Gasteiger partial charge on any atom is 0.270 e. The van der Waals surface area contributed by atoms with Gasteiger partial charge in [0.2, 0.25) is 0 Å². The molecule has 1 aromatic carbocycles. The molecule has 2 rings (SSSR count). The van der Waals surface area contributed by atoms with Gasteiger partial charge in [-0.1, -0.05) is 45.4 Å². The Kier molecular flexibility index (Phi) is 6.26. The molecule has 0 atom stereocenters. The van der Waals surface area contributed by atoms with E-state index in [0.29, 0.717) is 0 Å². The first-order valence-corrected chi connectivity index (χ1v) is 9.02. The Labute approximate surface area is 140 Å². The summed E-state index contributed by atoms with van der Waals surface area (Å²) in [5, 5.41) is 1.21. The predicted octanol–water partition coefficient (Wildman–Crippen LogP) is 5.01. The largest absolute Gasteiger partial charge is 0.337 e. The van der Waals surface area contributed by atoms with Crippen molar-refractivity contribution < 1.29 is 4.79 Å². The van der Waals surface area contributed by atoms with Crippen LogP contribution in [0.5, 0.6) is 0 Å². The van der Waals surface area contributed by atoms with Crippen LogP contribution in [0.4, 0.5) is 0 Å². The number of para-hydroxylation sites is 1. The van der Waals surface area contributed by atoms with E-state index in [1.807, 2.05) is 4.90 Å². The molecule has 0 aliphatic heterocycles. The van der Waals surface area contributed by atoms with Gasteiger partial charge >= 0.3 is 0 Å². The van der Waals surface area contributed by atoms with Crippen LogP contribution < -0.4 is 0 Å². The van der Waals surface area contributed by atoms with Gasteiger partial charge < -0.3 is 9.47 Å². The Morgan fingerprint density at radius 1 is 1.04 bits per heavy atom. The number of aryl methyl sites for hydroxylation is 2. The number of carbonyl (C=O) groups excluding carboxylic acids is 1. The van der Waals surface area contributed by atoms with Crippen molar-refractivity contribution in [1.82, 2.24) is 9.47 Å². The summed E-state index contributed by atoms with van der Waals surface area (Å²) in [5.74, 6) is 0.193. The van der Waals surface area contributed by atoms with Gasteiger partial charge in [-0.2, -0.15) is 0 Å². The molecule has 0 unspecified atom stereocenters. The van der Waals surface area contributed by atoms with Gasteiger partial charge in [-0.25, -0.2) is 0 Å². The van der Waals surface area contributed by atoms with Crippen LogP contribution in [0.25, 0.3) is 10.9 Å². The lowest BCUT2D eigenvalue weighted by molar-refractivity contribution is 0.0744. The third-order valence-corrected chi connectivity index (χ3v) is 4.44. The van der Waals surface area contributed by atoms with Gasteiger partial charge in [0.1, 0.15) is 5.69 Å². The van der Waals surface area contributed by atoms with E-state index in [1.165, 1.54) is 10.9 Å². The molecule has 3 heteroatoms. The predicted molar refractivity (Wildman–Crippen MR) is 98.1 cm³/mol. The van der Waals surface area contributed by atoms with Gasteiger partial charge in [0, 0.05) is 30.5 Å². The summed E-state index contributed by atoms with van der Waals surface area (Å²) in [6.45, 7) is 11.1. The van der Waals surface area contributed by atoms with E-state index in [9.17, 15) is 4.79 Å². The summed E-state index contributed by atoms with van der Waals surface area (Å²) in [4.78, 5) is 15.2. The van der Waals surface area contributed by atoms with Gasteiger partial charge in [-0.05, 0) is 37.8 Å². The van der Waals surface area contributed by atoms with E-state index in [4.69, 9.17) is 0 Å². The fourth-order valence-corrected chi connectivity index (χ4v) is 3.31. The lowest BCUT2D eigenvalue weighted by Gasteiger charge is -2.23. The van der Waals surface area contributed by atoms with E-state index in [0.717, 1.165) is 56.6 Å². The minimum atomic E-state index is 0.193. The summed E-state index contributed by atoms with van der Waals surface area (Å²) in [6.07, 6.45) is 4.23. The van der Waals surface area contributed by atoms with Gasteiger partial charge in [0.05, 0.1) is 0 Å². The van der Waals surface area contributed by atoms with Crippen molar-refractivity contribution in [2.24, 2.45) is 0 Å². The molecule has 1 heterocycles. The Morgan fingerprint density at radius 3 is 2.30 bits per heavy atom. The van der Waals surface area contributed by atoms with Crippen LogP contribution in [-0.4, -0.2) is 28.5 Å². The number of aromatic nitrogens is 1. The molecule has 23 heavy (non-hydrogen) atoms. The molecule has 2 aromatic rings. The fourth-order valence-electron chi connectivity index (χ4n) is 3.31. The van der Waals surface area contributed by atoms with E-state index >= 15 is 0 Å². The van der Waals surface area contributed by atoms with Crippen LogP contribution in [0.15, 0.2) is 24.3 Å². The molecule has 3 nitrogen and oxygen atoms in total. The zero-order valence-electron chi connectivity index (χ0n) is 15.1. The number of rotatable bonds is 8. The highest BCUT2D eigenvalue weighted by Crippen LogP contribution is 2.27. The summed E-state index contributed by atoms with van der Waals surface area (Å²) in [7, 11) is 0. The number of fused-ring (bicyclic) bond motifs is 1. The molecule has 0 saturated heterocycles. The topological polar surface area (TPSA) is 25.2 Å². The van der Waals surface area contributed by atoms with Crippen LogP contribution in [0.1, 0.15) is 62.5 Å². The van der Waals surface area contributed by atoms with Crippen LogP contribution in [0, 0.1) is 6.92 Å². The molecular formula is C20H30N2O. The molecule has 0 N–H and O–H groups in total. The van der Waals surface area contributed by atoms with E-state index in [2.05, 4.69) is 56.5 Å². The number of unbranched alkanes of at least 4 members (excludes halogenated alkanes) is 1. The van der Waals surface area contributed by atoms with Crippen LogP contribution in [0.2, 0.25) is 0 Å². The Balaban J connectivity index is 2.52. The van der Waals surface area contributed by atoms with Gasteiger partial charge in [-0.15, -0.1) is 0 Å². The second kappa shape index (κ2) is 8.19. The first-order valence-electron chi connectivity index (χ1n) is 9.02. The monoisotopic (exact) mass is 314 g/mol. The molecule has 0 fully saturated rings. The van der Waals surface area contributed by atoms with Crippen molar-refractivity contribution in [3.63, 3.8) is 0 Å². The van der Waals surface area contributed by atoms with Crippen LogP contribution in [0.3, 0.4) is 0 Å². The van der Waals surface area contributed by atoms with E-state index in [1.54, 1.807) is 0 Å². The van der Waals surface area contributed by atoms with Crippen molar-refractivity contribution in [2.75, 3.05) is 13.1 Å². The van der Waals surface area contributed by atoms with E-state index < -0.39 is 0 Å². The van der Waals surface area contributed by atoms with E-state index in [-0.39, 0.29) is 5.91 Å². The van der Waals surface area contributed by atoms with Crippen LogP contribution >= 0.6 is 0 Å². The first-order chi connectivity index (χ1) is 11.2. The number of nitrogens with zero attached hydrogens (tertiary/aromatic N) is 2. The summed E-state index contributed by atoms with van der Waals surface area (Å²) in [6, 6.07) is 8.39. The molecule has 0 aliphatic rings. The highest BCUT2D eigenvalue weighted by atomic mass is 16.2. The number of hydrogen-bond donors (Lipinski definition) is 0. The number of amides is 1. The smallest absolute Gasteiger partial charge is 0.270 e. The Morgan fingerprint density at radius 2 is 1.70 bits per heavy atom. The molecule has 0 aliphatic carbocycles. The SMILES string of the molecule is CCCCn1c(C(=O)N(CCC)CCC)c(C)c2ccccc21. The third-order valence-electron chi connectivity index (χ3n) is 4.44. The normalized spacial score (nSPS) is 11.1. The molecule has 1 amide bonds. The highest BCUT2D eigenvalue weighted by molar-refractivity contribution is 6.01. The number of hydrogen-bond acceptors (Lipinski definition) is 1. The summed E-state index contributed by atoms with van der Waals surface area (Å²) < 4.78 is 2.24. The second-order valence-electron chi connectivity index (χ2n) is 6.29. The average Bonchev–Trinajstić information content (AvgIpc) is 2.85. The van der Waals surface area contributed by atoms with Crippen molar-refractivity contribution in [1.29, 1.82) is 0 Å². The molecule has 0 radical (unpaired) electrons. The van der Waals surface area contributed by atoms with Gasteiger partial charge in [0.25, 0.3) is 5.91 Å². The molecular weight excluding hydrogens is 284 g/mol. The maximum absolute atomic E-state index is 13.2. The zero-order chi connectivity index (χ0) is 16.8. The third kappa shape index (κ3) is 3.60. The molecule has 0 spiro atoms. The van der Waals surface area contributed by atoms with Crippen molar-refractivity contribution >= 4 is 16.8 Å². The lowest BCUT2D eigenvalue weighted by Crippen LogP contribution is -2.34. The first kappa shape index (κ1) is 17.6. The average molecular weight is 314 g/mol. The van der Waals surface area contributed by atoms with Crippen molar-refractivity contribution in [2.45, 2.75) is 59.9 Å².